The molecule has 39 heavy (non-hydrogen) atoms. The maximum absolute atomic E-state index is 13.6. The number of aromatic nitrogens is 1. The summed E-state index contributed by atoms with van der Waals surface area (Å²) < 4.78 is 12.0. The lowest BCUT2D eigenvalue weighted by Gasteiger charge is -2.23. The number of hydrogen-bond donors (Lipinski definition) is 1. The molecule has 1 fully saturated rings. The van der Waals surface area contributed by atoms with Crippen LogP contribution < -0.4 is 14.4 Å². The lowest BCUT2D eigenvalue weighted by Crippen LogP contribution is -2.29. The molecule has 1 aromatic heterocycles. The monoisotopic (exact) mass is 542 g/mol. The summed E-state index contributed by atoms with van der Waals surface area (Å²) in [4.78, 5) is 33.3. The highest BCUT2D eigenvalue weighted by atomic mass is 32.1. The van der Waals surface area contributed by atoms with E-state index in [9.17, 15) is 14.7 Å². The van der Waals surface area contributed by atoms with Crippen LogP contribution in [-0.4, -0.2) is 35.5 Å². The molecule has 1 N–H and O–H groups in total. The van der Waals surface area contributed by atoms with E-state index in [1.54, 1.807) is 25.3 Å². The molecule has 0 spiro atoms. The number of rotatable bonds is 7. The van der Waals surface area contributed by atoms with E-state index in [-0.39, 0.29) is 11.3 Å². The first-order valence-corrected chi connectivity index (χ1v) is 13.6. The van der Waals surface area contributed by atoms with E-state index in [1.165, 1.54) is 16.2 Å². The summed E-state index contributed by atoms with van der Waals surface area (Å²) in [6.07, 6.45) is 0.875. The molecule has 1 aliphatic rings. The number of carbonyl (C=O) groups is 2. The average Bonchev–Trinajstić information content (AvgIpc) is 3.45. The molecular formula is C31H30N2O5S. The minimum absolute atomic E-state index is 0.0129. The van der Waals surface area contributed by atoms with Crippen LogP contribution in [0.4, 0.5) is 5.13 Å². The number of benzene rings is 3. The third-order valence-electron chi connectivity index (χ3n) is 6.81. The first-order valence-electron chi connectivity index (χ1n) is 12.8. The van der Waals surface area contributed by atoms with Gasteiger partial charge in [0.05, 0.1) is 35.5 Å². The van der Waals surface area contributed by atoms with Crippen LogP contribution >= 0.6 is 11.3 Å². The molecule has 2 heterocycles. The van der Waals surface area contributed by atoms with Crippen molar-refractivity contribution in [3.8, 4) is 11.5 Å². The third kappa shape index (κ3) is 4.76. The predicted octanol–water partition coefficient (Wildman–Crippen LogP) is 6.65. The lowest BCUT2D eigenvalue weighted by atomic mass is 9.95. The number of amides is 1. The molecule has 1 saturated heterocycles. The van der Waals surface area contributed by atoms with Crippen molar-refractivity contribution in [2.24, 2.45) is 0 Å². The van der Waals surface area contributed by atoms with Crippen molar-refractivity contribution in [2.75, 3.05) is 18.6 Å². The van der Waals surface area contributed by atoms with Crippen LogP contribution in [0.2, 0.25) is 0 Å². The summed E-state index contributed by atoms with van der Waals surface area (Å²) in [6, 6.07) is 15.6. The number of aliphatic hydroxyl groups excluding tert-OH is 1. The van der Waals surface area contributed by atoms with Gasteiger partial charge in [-0.15, -0.1) is 0 Å². The fourth-order valence-electron chi connectivity index (χ4n) is 4.95. The Labute approximate surface area is 231 Å². The largest absolute Gasteiger partial charge is 0.507 e. The Hall–Kier alpha value is -4.17. The lowest BCUT2D eigenvalue weighted by molar-refractivity contribution is -0.132. The zero-order valence-electron chi connectivity index (χ0n) is 22.6. The summed E-state index contributed by atoms with van der Waals surface area (Å²) in [5.74, 6) is -0.386. The number of Topliss-reactive ketones (excluding diaryl/α,β-unsaturated/α-hetero) is 1. The minimum atomic E-state index is -0.866. The molecule has 0 bridgehead atoms. The number of aliphatic hydroxyl groups is 1. The highest BCUT2D eigenvalue weighted by Crippen LogP contribution is 2.45. The zero-order valence-corrected chi connectivity index (χ0v) is 23.4. The maximum Gasteiger partial charge on any atom is 0.301 e. The normalized spacial score (nSPS) is 16.7. The van der Waals surface area contributed by atoms with Gasteiger partial charge in [-0.3, -0.25) is 14.5 Å². The Morgan fingerprint density at radius 3 is 2.44 bits per heavy atom. The molecule has 0 unspecified atom stereocenters. The average molecular weight is 543 g/mol. The van der Waals surface area contributed by atoms with Crippen molar-refractivity contribution in [3.63, 3.8) is 0 Å². The Morgan fingerprint density at radius 1 is 1.03 bits per heavy atom. The molecule has 1 atom stereocenters. The SMILES string of the molecule is CCCOc1ccc([C@H]2C(=C(O)c3ccc(OC)c(C)c3)C(=O)C(=O)N2c2nc3c(C)cc(C)cc3s2)cc1. The Kier molecular flexibility index (Phi) is 7.14. The van der Waals surface area contributed by atoms with Crippen LogP contribution in [0.15, 0.2) is 60.2 Å². The summed E-state index contributed by atoms with van der Waals surface area (Å²) in [5, 5.41) is 11.9. The van der Waals surface area contributed by atoms with E-state index in [4.69, 9.17) is 14.5 Å². The molecular weight excluding hydrogens is 512 g/mol. The van der Waals surface area contributed by atoms with Gasteiger partial charge in [0.2, 0.25) is 0 Å². The zero-order chi connectivity index (χ0) is 27.8. The highest BCUT2D eigenvalue weighted by molar-refractivity contribution is 7.22. The van der Waals surface area contributed by atoms with Crippen molar-refractivity contribution in [1.82, 2.24) is 4.98 Å². The summed E-state index contributed by atoms with van der Waals surface area (Å²) in [5.41, 5.74) is 4.76. The predicted molar refractivity (Wildman–Crippen MR) is 154 cm³/mol. The van der Waals surface area contributed by atoms with Gasteiger partial charge in [-0.25, -0.2) is 4.98 Å². The Morgan fingerprint density at radius 2 is 1.77 bits per heavy atom. The number of carbonyl (C=O) groups excluding carboxylic acids is 2. The Balaban J connectivity index is 1.69. The smallest absolute Gasteiger partial charge is 0.301 e. The van der Waals surface area contributed by atoms with E-state index in [0.717, 1.165) is 33.3 Å². The number of nitrogens with zero attached hydrogens (tertiary/aromatic N) is 2. The van der Waals surface area contributed by atoms with E-state index >= 15 is 0 Å². The van der Waals surface area contributed by atoms with Crippen molar-refractivity contribution in [2.45, 2.75) is 40.2 Å². The van der Waals surface area contributed by atoms with Crippen molar-refractivity contribution >= 4 is 44.1 Å². The standard InChI is InChI=1S/C31H30N2O5S/c1-6-13-38-22-10-7-20(8-11-22)27-25(28(34)21-9-12-23(37-5)18(3)16-21)29(35)30(36)33(27)31-32-26-19(4)14-17(2)15-24(26)39-31/h7-12,14-16,27,34H,6,13H2,1-5H3/t27-/m0/s1. The van der Waals surface area contributed by atoms with Crippen LogP contribution in [0.3, 0.4) is 0 Å². The third-order valence-corrected chi connectivity index (χ3v) is 7.81. The van der Waals surface area contributed by atoms with Crippen LogP contribution in [0.25, 0.3) is 16.0 Å². The van der Waals surface area contributed by atoms with Gasteiger partial charge >= 0.3 is 5.91 Å². The second-order valence-electron chi connectivity index (χ2n) is 9.70. The topological polar surface area (TPSA) is 89.0 Å². The van der Waals surface area contributed by atoms with Crippen LogP contribution in [0.5, 0.6) is 11.5 Å². The molecule has 1 amide bonds. The van der Waals surface area contributed by atoms with Crippen LogP contribution in [-0.2, 0) is 9.59 Å². The molecule has 3 aromatic carbocycles. The number of hydrogen-bond acceptors (Lipinski definition) is 7. The number of aryl methyl sites for hydroxylation is 3. The second kappa shape index (κ2) is 10.5. The van der Waals surface area contributed by atoms with E-state index in [1.807, 2.05) is 64.1 Å². The summed E-state index contributed by atoms with van der Waals surface area (Å²) in [7, 11) is 1.57. The fourth-order valence-corrected chi connectivity index (χ4v) is 6.12. The van der Waals surface area contributed by atoms with Crippen molar-refractivity contribution in [3.05, 3.63) is 88.0 Å². The molecule has 0 aliphatic carbocycles. The second-order valence-corrected chi connectivity index (χ2v) is 10.7. The van der Waals surface area contributed by atoms with Gasteiger partial charge in [0.1, 0.15) is 17.3 Å². The van der Waals surface area contributed by atoms with Gasteiger partial charge < -0.3 is 14.6 Å². The van der Waals surface area contributed by atoms with E-state index in [0.29, 0.717) is 34.4 Å². The first-order chi connectivity index (χ1) is 18.7. The number of ether oxygens (including phenoxy) is 2. The number of anilines is 1. The number of methoxy groups -OCH3 is 1. The van der Waals surface area contributed by atoms with Gasteiger partial charge in [0, 0.05) is 5.56 Å². The molecule has 4 aromatic rings. The molecule has 200 valence electrons. The molecule has 1 aliphatic heterocycles. The minimum Gasteiger partial charge on any atom is -0.507 e. The summed E-state index contributed by atoms with van der Waals surface area (Å²) in [6.45, 7) is 8.46. The molecule has 0 saturated carbocycles. The van der Waals surface area contributed by atoms with Gasteiger partial charge in [0.25, 0.3) is 5.78 Å². The van der Waals surface area contributed by atoms with Gasteiger partial charge in [-0.2, -0.15) is 0 Å². The van der Waals surface area contributed by atoms with Gasteiger partial charge in [-0.1, -0.05) is 36.5 Å². The molecule has 0 radical (unpaired) electrons. The maximum atomic E-state index is 13.6. The number of thiazole rings is 1. The highest BCUT2D eigenvalue weighted by Gasteiger charge is 2.48. The van der Waals surface area contributed by atoms with Crippen LogP contribution in [0.1, 0.15) is 47.2 Å². The fraction of sp³-hybridized carbons (Fsp3) is 0.258. The number of ketones is 1. The van der Waals surface area contributed by atoms with Gasteiger partial charge in [-0.05, 0) is 85.8 Å². The quantitative estimate of drug-likeness (QED) is 0.160. The molecule has 5 rings (SSSR count). The van der Waals surface area contributed by atoms with E-state index in [2.05, 4.69) is 0 Å². The first kappa shape index (κ1) is 26.4. The van der Waals surface area contributed by atoms with Gasteiger partial charge in [0.15, 0.2) is 5.13 Å². The summed E-state index contributed by atoms with van der Waals surface area (Å²) >= 11 is 1.35. The number of fused-ring (bicyclic) bond motifs is 1. The Bertz CT molecular complexity index is 1620. The van der Waals surface area contributed by atoms with Crippen molar-refractivity contribution < 1.29 is 24.2 Å². The van der Waals surface area contributed by atoms with Crippen LogP contribution in [0, 0.1) is 20.8 Å². The molecule has 7 nitrogen and oxygen atoms in total. The molecule has 8 heteroatoms. The van der Waals surface area contributed by atoms with Crippen molar-refractivity contribution in [1.29, 1.82) is 0 Å². The van der Waals surface area contributed by atoms with E-state index < -0.39 is 17.7 Å².